The van der Waals surface area contributed by atoms with Crippen LogP contribution in [0.5, 0.6) is 0 Å². The molecule has 128 valence electrons. The highest BCUT2D eigenvalue weighted by Crippen LogP contribution is 2.20. The van der Waals surface area contributed by atoms with Crippen molar-refractivity contribution in [2.45, 2.75) is 12.8 Å². The Morgan fingerprint density at radius 3 is 2.68 bits per heavy atom. The number of thiophene rings is 1. The second-order valence-corrected chi connectivity index (χ2v) is 6.14. The molecule has 0 saturated carbocycles. The number of hydrogen-bond donors (Lipinski definition) is 2. The van der Waals surface area contributed by atoms with Crippen LogP contribution in [-0.2, 0) is 4.79 Å². The molecule has 0 bridgehead atoms. The van der Waals surface area contributed by atoms with Gasteiger partial charge in [0.25, 0.3) is 5.91 Å². The number of carbonyl (C=O) groups is 2. The van der Waals surface area contributed by atoms with Crippen molar-refractivity contribution < 1.29 is 14.0 Å². The van der Waals surface area contributed by atoms with E-state index in [-0.39, 0.29) is 11.8 Å². The summed E-state index contributed by atoms with van der Waals surface area (Å²) >= 11 is 1.48. The topological polar surface area (TPSA) is 84.2 Å². The predicted octanol–water partition coefficient (Wildman–Crippen LogP) is 3.55. The maximum Gasteiger partial charge on any atom is 0.252 e. The molecule has 0 spiro atoms. The molecule has 7 heteroatoms. The number of benzene rings is 1. The standard InChI is InChI=1S/C18H17N3O3S/c22-17(2-1-8-20-18(23)14-7-9-25-11-14)21-15-5-3-13(4-6-15)16-10-19-12-24-16/h3-7,9-12H,1-2,8H2,(H,20,23)(H,21,22). The van der Waals surface area contributed by atoms with Crippen molar-refractivity contribution in [3.63, 3.8) is 0 Å². The van der Waals surface area contributed by atoms with Crippen LogP contribution >= 0.6 is 11.3 Å². The molecule has 2 N–H and O–H groups in total. The van der Waals surface area contributed by atoms with Crippen LogP contribution in [0.25, 0.3) is 11.3 Å². The van der Waals surface area contributed by atoms with Gasteiger partial charge in [0.15, 0.2) is 12.2 Å². The van der Waals surface area contributed by atoms with Gasteiger partial charge in [-0.2, -0.15) is 11.3 Å². The van der Waals surface area contributed by atoms with Crippen molar-refractivity contribution in [3.05, 3.63) is 59.2 Å². The molecule has 6 nitrogen and oxygen atoms in total. The Morgan fingerprint density at radius 1 is 1.16 bits per heavy atom. The van der Waals surface area contributed by atoms with Crippen LogP contribution in [0.4, 0.5) is 5.69 Å². The van der Waals surface area contributed by atoms with Crippen molar-refractivity contribution in [2.75, 3.05) is 11.9 Å². The van der Waals surface area contributed by atoms with Crippen LogP contribution < -0.4 is 10.6 Å². The fourth-order valence-corrected chi connectivity index (χ4v) is 2.88. The normalized spacial score (nSPS) is 10.4. The van der Waals surface area contributed by atoms with Crippen LogP contribution in [0.3, 0.4) is 0 Å². The molecular formula is C18H17N3O3S. The highest BCUT2D eigenvalue weighted by molar-refractivity contribution is 7.08. The average molecular weight is 355 g/mol. The molecule has 0 atom stereocenters. The lowest BCUT2D eigenvalue weighted by atomic mass is 10.1. The fraction of sp³-hybridized carbons (Fsp3) is 0.167. The summed E-state index contributed by atoms with van der Waals surface area (Å²) in [5.74, 6) is 0.487. The van der Waals surface area contributed by atoms with E-state index in [2.05, 4.69) is 15.6 Å². The van der Waals surface area contributed by atoms with Gasteiger partial charge in [-0.15, -0.1) is 0 Å². The first-order valence-corrected chi connectivity index (χ1v) is 8.76. The lowest BCUT2D eigenvalue weighted by Crippen LogP contribution is -2.25. The zero-order valence-corrected chi connectivity index (χ0v) is 14.2. The van der Waals surface area contributed by atoms with Gasteiger partial charge in [-0.1, -0.05) is 0 Å². The molecule has 0 unspecified atom stereocenters. The second kappa shape index (κ2) is 8.25. The molecule has 0 fully saturated rings. The summed E-state index contributed by atoms with van der Waals surface area (Å²) in [6, 6.07) is 9.12. The SMILES string of the molecule is O=C(CCCNC(=O)c1ccsc1)Nc1ccc(-c2cnco2)cc1. The third kappa shape index (κ3) is 4.77. The molecule has 0 aliphatic carbocycles. The van der Waals surface area contributed by atoms with Crippen molar-refractivity contribution in [2.24, 2.45) is 0 Å². The lowest BCUT2D eigenvalue weighted by Gasteiger charge is -2.07. The number of rotatable bonds is 7. The van der Waals surface area contributed by atoms with E-state index >= 15 is 0 Å². The Labute approximate surface area is 148 Å². The van der Waals surface area contributed by atoms with E-state index in [0.717, 1.165) is 11.3 Å². The van der Waals surface area contributed by atoms with Crippen LogP contribution in [-0.4, -0.2) is 23.3 Å². The van der Waals surface area contributed by atoms with Gasteiger partial charge in [0, 0.05) is 35.2 Å². The Hall–Kier alpha value is -2.93. The summed E-state index contributed by atoms with van der Waals surface area (Å²) < 4.78 is 5.22. The van der Waals surface area contributed by atoms with Crippen molar-refractivity contribution in [3.8, 4) is 11.3 Å². The van der Waals surface area contributed by atoms with Crippen LogP contribution in [0.2, 0.25) is 0 Å². The van der Waals surface area contributed by atoms with Crippen LogP contribution in [0.15, 0.2) is 58.1 Å². The zero-order chi connectivity index (χ0) is 17.5. The summed E-state index contributed by atoms with van der Waals surface area (Å²) in [4.78, 5) is 27.6. The minimum Gasteiger partial charge on any atom is -0.444 e. The Bertz CT molecular complexity index is 812. The van der Waals surface area contributed by atoms with Gasteiger partial charge in [0.1, 0.15) is 0 Å². The molecule has 1 aromatic carbocycles. The first-order chi connectivity index (χ1) is 12.2. The number of carbonyl (C=O) groups excluding carboxylic acids is 2. The third-order valence-electron chi connectivity index (χ3n) is 3.54. The van der Waals surface area contributed by atoms with Crippen molar-refractivity contribution >= 4 is 28.8 Å². The number of nitrogens with one attached hydrogen (secondary N) is 2. The van der Waals surface area contributed by atoms with Gasteiger partial charge in [0.05, 0.1) is 6.20 Å². The van der Waals surface area contributed by atoms with Gasteiger partial charge in [-0.25, -0.2) is 4.98 Å². The van der Waals surface area contributed by atoms with E-state index in [1.54, 1.807) is 17.6 Å². The van der Waals surface area contributed by atoms with Gasteiger partial charge in [-0.3, -0.25) is 9.59 Å². The van der Waals surface area contributed by atoms with Crippen molar-refractivity contribution in [1.82, 2.24) is 10.3 Å². The lowest BCUT2D eigenvalue weighted by molar-refractivity contribution is -0.116. The summed E-state index contributed by atoms with van der Waals surface area (Å²) in [7, 11) is 0. The molecule has 3 rings (SSSR count). The van der Waals surface area contributed by atoms with E-state index in [4.69, 9.17) is 4.42 Å². The zero-order valence-electron chi connectivity index (χ0n) is 13.4. The minimum atomic E-state index is -0.107. The minimum absolute atomic E-state index is 0.0859. The molecule has 2 aromatic heterocycles. The van der Waals surface area contributed by atoms with E-state index in [0.29, 0.717) is 30.7 Å². The summed E-state index contributed by atoms with van der Waals surface area (Å²) in [6.45, 7) is 0.465. The van der Waals surface area contributed by atoms with E-state index in [1.165, 1.54) is 17.7 Å². The average Bonchev–Trinajstić information content (AvgIpc) is 3.32. The quantitative estimate of drug-likeness (QED) is 0.635. The molecule has 3 aromatic rings. The first-order valence-electron chi connectivity index (χ1n) is 7.81. The largest absolute Gasteiger partial charge is 0.444 e. The fourth-order valence-electron chi connectivity index (χ4n) is 2.25. The Morgan fingerprint density at radius 2 is 2.00 bits per heavy atom. The smallest absolute Gasteiger partial charge is 0.252 e. The van der Waals surface area contributed by atoms with E-state index in [1.807, 2.05) is 29.6 Å². The molecule has 2 amide bonds. The van der Waals surface area contributed by atoms with Crippen molar-refractivity contribution in [1.29, 1.82) is 0 Å². The van der Waals surface area contributed by atoms with Crippen LogP contribution in [0.1, 0.15) is 23.2 Å². The molecule has 0 saturated heterocycles. The number of hydrogen-bond acceptors (Lipinski definition) is 5. The number of anilines is 1. The van der Waals surface area contributed by atoms with Gasteiger partial charge in [0.2, 0.25) is 5.91 Å². The molecular weight excluding hydrogens is 338 g/mol. The van der Waals surface area contributed by atoms with Crippen LogP contribution in [0, 0.1) is 0 Å². The van der Waals surface area contributed by atoms with E-state index < -0.39 is 0 Å². The summed E-state index contributed by atoms with van der Waals surface area (Å²) in [5.41, 5.74) is 2.27. The monoisotopic (exact) mass is 355 g/mol. The maximum atomic E-state index is 11.9. The molecule has 25 heavy (non-hydrogen) atoms. The first kappa shape index (κ1) is 16.9. The van der Waals surface area contributed by atoms with Gasteiger partial charge < -0.3 is 15.1 Å². The van der Waals surface area contributed by atoms with Gasteiger partial charge in [-0.05, 0) is 42.1 Å². The Balaban J connectivity index is 1.40. The Kier molecular flexibility index (Phi) is 5.58. The molecule has 2 heterocycles. The molecule has 0 aliphatic heterocycles. The van der Waals surface area contributed by atoms with Gasteiger partial charge >= 0.3 is 0 Å². The summed E-state index contributed by atoms with van der Waals surface area (Å²) in [5, 5.41) is 9.29. The third-order valence-corrected chi connectivity index (χ3v) is 4.22. The predicted molar refractivity (Wildman–Crippen MR) is 96.5 cm³/mol. The maximum absolute atomic E-state index is 11.9. The highest BCUT2D eigenvalue weighted by atomic mass is 32.1. The molecule has 0 radical (unpaired) electrons. The second-order valence-electron chi connectivity index (χ2n) is 5.36. The summed E-state index contributed by atoms with van der Waals surface area (Å²) in [6.07, 6.45) is 3.94. The van der Waals surface area contributed by atoms with E-state index in [9.17, 15) is 9.59 Å². The molecule has 0 aliphatic rings. The number of oxazole rings is 1. The number of amides is 2. The number of aromatic nitrogens is 1. The highest BCUT2D eigenvalue weighted by Gasteiger charge is 2.07. The number of nitrogens with zero attached hydrogens (tertiary/aromatic N) is 1.